The second kappa shape index (κ2) is 2.54. The molecule has 0 aromatic carbocycles. The van der Waals surface area contributed by atoms with Gasteiger partial charge in [-0.2, -0.15) is 0 Å². The van der Waals surface area contributed by atoms with Gasteiger partial charge >= 0.3 is 0 Å². The average molecular weight is 106 g/mol. The van der Waals surface area contributed by atoms with Crippen LogP contribution in [0.4, 0.5) is 0 Å². The molecule has 42 valence electrons. The minimum atomic E-state index is 1.18. The summed E-state index contributed by atoms with van der Waals surface area (Å²) in [6.45, 7) is 2.00. The normalized spacial score (nSPS) is 16.4. The Kier molecular flexibility index (Phi) is 1.71. The molecule has 0 unspecified atom stereocenters. The van der Waals surface area contributed by atoms with Crippen LogP contribution in [0.5, 0.6) is 0 Å². The Balaban J connectivity index is 2.73. The minimum absolute atomic E-state index is 1.18. The third-order valence-corrected chi connectivity index (χ3v) is 1.23. The molecule has 0 N–H and O–H groups in total. The number of hydrogen-bond donors (Lipinski definition) is 0. The zero-order chi connectivity index (χ0) is 5.82. The fourth-order valence-corrected chi connectivity index (χ4v) is 0.853. The zero-order valence-corrected chi connectivity index (χ0v) is 5.15. The van der Waals surface area contributed by atoms with Crippen molar-refractivity contribution in [3.63, 3.8) is 0 Å². The molecule has 0 fully saturated rings. The Morgan fingerprint density at radius 2 is 2.62 bits per heavy atom. The first-order chi connectivity index (χ1) is 3.93. The predicted octanol–water partition coefficient (Wildman–Crippen LogP) is 2.44. The second-order valence-electron chi connectivity index (χ2n) is 1.90. The maximum Gasteiger partial charge on any atom is -0.00639 e. The fourth-order valence-electron chi connectivity index (χ4n) is 0.853. The first-order valence-corrected chi connectivity index (χ1v) is 3.00. The van der Waals surface area contributed by atoms with Crippen molar-refractivity contribution in [1.29, 1.82) is 0 Å². The van der Waals surface area contributed by atoms with Gasteiger partial charge in [-0.1, -0.05) is 12.2 Å². The van der Waals surface area contributed by atoms with Gasteiger partial charge < -0.3 is 0 Å². The Morgan fingerprint density at radius 3 is 3.12 bits per heavy atom. The Labute approximate surface area is 50.2 Å². The monoisotopic (exact) mass is 106 g/mol. The highest BCUT2D eigenvalue weighted by Gasteiger charge is 1.94. The lowest BCUT2D eigenvalue weighted by molar-refractivity contribution is 1.07. The van der Waals surface area contributed by atoms with Gasteiger partial charge in [0.15, 0.2) is 0 Å². The lowest BCUT2D eigenvalue weighted by atomic mass is 10.2. The van der Waals surface area contributed by atoms with Gasteiger partial charge in [-0.15, -0.1) is 5.73 Å². The summed E-state index contributed by atoms with van der Waals surface area (Å²) in [6, 6.07) is 0. The highest BCUT2D eigenvalue weighted by atomic mass is 14.0. The van der Waals surface area contributed by atoms with Crippen molar-refractivity contribution in [2.45, 2.75) is 19.8 Å². The molecule has 0 aromatic rings. The Hall–Kier alpha value is -0.740. The molecule has 0 bridgehead atoms. The smallest absolute Gasteiger partial charge is 0.00639 e. The van der Waals surface area contributed by atoms with Crippen LogP contribution in [0.2, 0.25) is 0 Å². The lowest BCUT2D eigenvalue weighted by Crippen LogP contribution is -1.62. The van der Waals surface area contributed by atoms with Crippen molar-refractivity contribution >= 4 is 0 Å². The van der Waals surface area contributed by atoms with Gasteiger partial charge in [0, 0.05) is 0 Å². The SMILES string of the molecule is CC=C=C1C=CCC1. The molecule has 0 amide bonds. The molecule has 0 spiro atoms. The van der Waals surface area contributed by atoms with E-state index in [9.17, 15) is 0 Å². The van der Waals surface area contributed by atoms with Crippen molar-refractivity contribution in [2.75, 3.05) is 0 Å². The van der Waals surface area contributed by atoms with E-state index in [1.165, 1.54) is 18.4 Å². The highest BCUT2D eigenvalue weighted by Crippen LogP contribution is 2.13. The third kappa shape index (κ3) is 1.11. The van der Waals surface area contributed by atoms with Crippen molar-refractivity contribution in [3.05, 3.63) is 29.5 Å². The van der Waals surface area contributed by atoms with E-state index in [1.807, 2.05) is 13.0 Å². The van der Waals surface area contributed by atoms with E-state index in [4.69, 9.17) is 0 Å². The Bertz CT molecular complexity index is 155. The van der Waals surface area contributed by atoms with Gasteiger partial charge in [-0.3, -0.25) is 0 Å². The molecule has 0 aromatic heterocycles. The number of allylic oxidation sites excluding steroid dienone is 3. The quantitative estimate of drug-likeness (QED) is 0.416. The van der Waals surface area contributed by atoms with E-state index in [0.29, 0.717) is 0 Å². The van der Waals surface area contributed by atoms with Crippen LogP contribution in [0.25, 0.3) is 0 Å². The van der Waals surface area contributed by atoms with Crippen LogP contribution < -0.4 is 0 Å². The van der Waals surface area contributed by atoms with Crippen LogP contribution in [0.1, 0.15) is 19.8 Å². The predicted molar refractivity (Wildman–Crippen MR) is 35.6 cm³/mol. The molecule has 0 radical (unpaired) electrons. The number of rotatable bonds is 0. The van der Waals surface area contributed by atoms with Gasteiger partial charge in [0.1, 0.15) is 0 Å². The molecule has 0 heterocycles. The minimum Gasteiger partial charge on any atom is -0.122 e. The second-order valence-corrected chi connectivity index (χ2v) is 1.90. The molecule has 0 saturated carbocycles. The molecule has 0 atom stereocenters. The summed E-state index contributed by atoms with van der Waals surface area (Å²) in [4.78, 5) is 0. The van der Waals surface area contributed by atoms with Crippen molar-refractivity contribution in [3.8, 4) is 0 Å². The first-order valence-electron chi connectivity index (χ1n) is 3.00. The Morgan fingerprint density at radius 1 is 1.75 bits per heavy atom. The average Bonchev–Trinajstić information content (AvgIpc) is 2.19. The van der Waals surface area contributed by atoms with E-state index in [0.717, 1.165) is 0 Å². The molecule has 0 heteroatoms. The first kappa shape index (κ1) is 5.40. The molecular weight excluding hydrogens is 96.1 g/mol. The maximum atomic E-state index is 3.15. The highest BCUT2D eigenvalue weighted by molar-refractivity contribution is 5.23. The molecule has 1 aliphatic rings. The summed E-state index contributed by atoms with van der Waals surface area (Å²) >= 11 is 0. The molecule has 0 nitrogen and oxygen atoms in total. The van der Waals surface area contributed by atoms with Crippen LogP contribution in [0.15, 0.2) is 29.5 Å². The summed E-state index contributed by atoms with van der Waals surface area (Å²) in [5.41, 5.74) is 4.49. The third-order valence-electron chi connectivity index (χ3n) is 1.23. The van der Waals surface area contributed by atoms with Gasteiger partial charge in [-0.25, -0.2) is 0 Å². The van der Waals surface area contributed by atoms with Crippen molar-refractivity contribution in [2.24, 2.45) is 0 Å². The van der Waals surface area contributed by atoms with E-state index >= 15 is 0 Å². The molecule has 0 aliphatic heterocycles. The van der Waals surface area contributed by atoms with Crippen LogP contribution in [-0.2, 0) is 0 Å². The topological polar surface area (TPSA) is 0 Å². The summed E-state index contributed by atoms with van der Waals surface area (Å²) in [5.74, 6) is 0. The van der Waals surface area contributed by atoms with E-state index in [1.54, 1.807) is 0 Å². The van der Waals surface area contributed by atoms with Crippen molar-refractivity contribution < 1.29 is 0 Å². The summed E-state index contributed by atoms with van der Waals surface area (Å²) in [5, 5.41) is 0. The lowest BCUT2D eigenvalue weighted by Gasteiger charge is -1.80. The van der Waals surface area contributed by atoms with E-state index < -0.39 is 0 Å². The van der Waals surface area contributed by atoms with E-state index in [-0.39, 0.29) is 0 Å². The summed E-state index contributed by atoms with van der Waals surface area (Å²) < 4.78 is 0. The summed E-state index contributed by atoms with van der Waals surface area (Å²) in [7, 11) is 0. The van der Waals surface area contributed by atoms with Gasteiger partial charge in [0.05, 0.1) is 0 Å². The van der Waals surface area contributed by atoms with Crippen LogP contribution in [-0.4, -0.2) is 0 Å². The molecule has 0 saturated heterocycles. The van der Waals surface area contributed by atoms with Crippen LogP contribution >= 0.6 is 0 Å². The standard InChI is InChI=1S/C8H10/c1-2-5-8-6-3-4-7-8/h2-3,6H,4,7H2,1H3. The van der Waals surface area contributed by atoms with Gasteiger partial charge in [0.25, 0.3) is 0 Å². The zero-order valence-electron chi connectivity index (χ0n) is 5.15. The number of hydrogen-bond acceptors (Lipinski definition) is 0. The van der Waals surface area contributed by atoms with Crippen LogP contribution in [0, 0.1) is 0 Å². The fraction of sp³-hybridized carbons (Fsp3) is 0.375. The summed E-state index contributed by atoms with van der Waals surface area (Å²) in [6.07, 6.45) is 8.68. The molecule has 1 rings (SSSR count). The van der Waals surface area contributed by atoms with Gasteiger partial charge in [0.2, 0.25) is 0 Å². The van der Waals surface area contributed by atoms with Crippen molar-refractivity contribution in [1.82, 2.24) is 0 Å². The maximum absolute atomic E-state index is 3.15. The van der Waals surface area contributed by atoms with Gasteiger partial charge in [-0.05, 0) is 31.4 Å². The molecule has 1 aliphatic carbocycles. The molecule has 8 heavy (non-hydrogen) atoms. The molecular formula is C8H10. The van der Waals surface area contributed by atoms with E-state index in [2.05, 4.69) is 17.9 Å². The van der Waals surface area contributed by atoms with Crippen LogP contribution in [0.3, 0.4) is 0 Å². The largest absolute Gasteiger partial charge is 0.122 e.